The first-order valence-electron chi connectivity index (χ1n) is 7.75. The number of ether oxygens (including phenoxy) is 1. The molecule has 3 rings (SSSR count). The number of anilines is 1. The molecule has 0 atom stereocenters. The van der Waals surface area contributed by atoms with Gasteiger partial charge in [-0.05, 0) is 56.3 Å². The number of hydrogen-bond donors (Lipinski definition) is 1. The normalized spacial score (nSPS) is 11.8. The van der Waals surface area contributed by atoms with Gasteiger partial charge in [0, 0.05) is 17.3 Å². The maximum Gasteiger partial charge on any atom is 0.573 e. The van der Waals surface area contributed by atoms with Crippen LogP contribution in [0.5, 0.6) is 5.75 Å². The Balaban J connectivity index is 1.74. The molecule has 3 aromatic rings. The molecular weight excluding hydrogens is 349 g/mol. The fourth-order valence-electron chi connectivity index (χ4n) is 2.41. The second-order valence-corrected chi connectivity index (χ2v) is 5.86. The topological polar surface area (TPSA) is 69.0 Å². The number of nitrogens with zero attached hydrogens (tertiary/aromatic N) is 3. The van der Waals surface area contributed by atoms with Gasteiger partial charge >= 0.3 is 6.36 Å². The Kier molecular flexibility index (Phi) is 4.54. The number of fused-ring (bicyclic) bond motifs is 1. The molecular formula is C17H15F3N4O2. The minimum Gasteiger partial charge on any atom is -0.406 e. The molecule has 0 aliphatic carbocycles. The number of hydrogen-bond acceptors (Lipinski definition) is 4. The number of halogens is 3. The van der Waals surface area contributed by atoms with Gasteiger partial charge in [0.25, 0.3) is 5.91 Å². The first kappa shape index (κ1) is 17.7. The van der Waals surface area contributed by atoms with E-state index in [0.29, 0.717) is 16.8 Å². The van der Waals surface area contributed by atoms with Crippen molar-refractivity contribution in [3.63, 3.8) is 0 Å². The highest BCUT2D eigenvalue weighted by Gasteiger charge is 2.30. The van der Waals surface area contributed by atoms with Crippen molar-refractivity contribution in [2.75, 3.05) is 5.32 Å². The summed E-state index contributed by atoms with van der Waals surface area (Å²) in [4.78, 5) is 12.3. The predicted octanol–water partition coefficient (Wildman–Crippen LogP) is 4.16. The minimum absolute atomic E-state index is 0.136. The van der Waals surface area contributed by atoms with Crippen LogP contribution >= 0.6 is 0 Å². The van der Waals surface area contributed by atoms with Gasteiger partial charge in [-0.3, -0.25) is 4.79 Å². The summed E-state index contributed by atoms with van der Waals surface area (Å²) in [5.41, 5.74) is 2.10. The van der Waals surface area contributed by atoms with E-state index in [1.54, 1.807) is 22.9 Å². The number of benzene rings is 2. The van der Waals surface area contributed by atoms with Gasteiger partial charge in [-0.25, -0.2) is 4.68 Å². The standard InChI is InChI=1S/C17H15F3N4O2/c1-10(2)24-15-8-3-11(9-14(15)22-23-24)16(25)21-12-4-6-13(7-5-12)26-17(18,19)20/h3-10H,1-2H3,(H,21,25). The van der Waals surface area contributed by atoms with E-state index in [1.165, 1.54) is 12.1 Å². The number of carbonyl (C=O) groups is 1. The van der Waals surface area contributed by atoms with Crippen molar-refractivity contribution < 1.29 is 22.7 Å². The lowest BCUT2D eigenvalue weighted by Gasteiger charge is -2.10. The predicted molar refractivity (Wildman–Crippen MR) is 89.0 cm³/mol. The summed E-state index contributed by atoms with van der Waals surface area (Å²) in [6.45, 7) is 3.95. The Bertz CT molecular complexity index is 933. The van der Waals surface area contributed by atoms with Crippen LogP contribution in [0.3, 0.4) is 0 Å². The molecule has 26 heavy (non-hydrogen) atoms. The van der Waals surface area contributed by atoms with Crippen LogP contribution < -0.4 is 10.1 Å². The van der Waals surface area contributed by atoms with Gasteiger partial charge < -0.3 is 10.1 Å². The van der Waals surface area contributed by atoms with Crippen molar-refractivity contribution in [2.45, 2.75) is 26.3 Å². The SMILES string of the molecule is CC(C)n1nnc2cc(C(=O)Nc3ccc(OC(F)(F)F)cc3)ccc21. The van der Waals surface area contributed by atoms with Crippen molar-refractivity contribution in [3.05, 3.63) is 48.0 Å². The minimum atomic E-state index is -4.76. The third-order valence-corrected chi connectivity index (χ3v) is 3.57. The second kappa shape index (κ2) is 6.66. The maximum atomic E-state index is 12.3. The summed E-state index contributed by atoms with van der Waals surface area (Å²) in [5.74, 6) is -0.766. The largest absolute Gasteiger partial charge is 0.573 e. The van der Waals surface area contributed by atoms with Gasteiger partial charge in [0.2, 0.25) is 0 Å². The van der Waals surface area contributed by atoms with Crippen LogP contribution in [0.2, 0.25) is 0 Å². The number of rotatable bonds is 4. The van der Waals surface area contributed by atoms with Crippen LogP contribution in [0.1, 0.15) is 30.2 Å². The van der Waals surface area contributed by atoms with E-state index < -0.39 is 12.3 Å². The zero-order valence-electron chi connectivity index (χ0n) is 13.9. The number of alkyl halides is 3. The summed E-state index contributed by atoms with van der Waals surface area (Å²) < 4.78 is 42.0. The first-order valence-corrected chi connectivity index (χ1v) is 7.75. The van der Waals surface area contributed by atoms with Crippen molar-refractivity contribution in [2.24, 2.45) is 0 Å². The van der Waals surface area contributed by atoms with Crippen molar-refractivity contribution in [1.82, 2.24) is 15.0 Å². The smallest absolute Gasteiger partial charge is 0.406 e. The third kappa shape index (κ3) is 3.93. The summed E-state index contributed by atoms with van der Waals surface area (Å²) >= 11 is 0. The van der Waals surface area contributed by atoms with Crippen LogP contribution in [0.15, 0.2) is 42.5 Å². The van der Waals surface area contributed by atoms with Gasteiger partial charge in [0.15, 0.2) is 0 Å². The summed E-state index contributed by atoms with van der Waals surface area (Å²) in [6, 6.07) is 10.0. The highest BCUT2D eigenvalue weighted by Crippen LogP contribution is 2.24. The number of aromatic nitrogens is 3. The molecule has 0 unspecified atom stereocenters. The Labute approximate surface area is 146 Å². The molecule has 0 saturated carbocycles. The summed E-state index contributed by atoms with van der Waals surface area (Å²) in [6.07, 6.45) is -4.76. The lowest BCUT2D eigenvalue weighted by Crippen LogP contribution is -2.17. The molecule has 6 nitrogen and oxygen atoms in total. The lowest BCUT2D eigenvalue weighted by atomic mass is 10.1. The van der Waals surface area contributed by atoms with Gasteiger partial charge in [0.1, 0.15) is 11.3 Å². The van der Waals surface area contributed by atoms with Crippen LogP contribution in [0, 0.1) is 0 Å². The first-order chi connectivity index (χ1) is 12.2. The van der Waals surface area contributed by atoms with E-state index in [2.05, 4.69) is 20.4 Å². The van der Waals surface area contributed by atoms with E-state index in [-0.39, 0.29) is 11.8 Å². The molecule has 1 N–H and O–H groups in total. The summed E-state index contributed by atoms with van der Waals surface area (Å²) in [7, 11) is 0. The molecule has 136 valence electrons. The molecule has 0 aliphatic rings. The van der Waals surface area contributed by atoms with E-state index in [9.17, 15) is 18.0 Å². The number of amides is 1. The molecule has 9 heteroatoms. The number of carbonyl (C=O) groups excluding carboxylic acids is 1. The van der Waals surface area contributed by atoms with Crippen LogP contribution in [-0.2, 0) is 0 Å². The quantitative estimate of drug-likeness (QED) is 0.755. The van der Waals surface area contributed by atoms with Gasteiger partial charge in [0.05, 0.1) is 5.52 Å². The Morgan fingerprint density at radius 3 is 2.46 bits per heavy atom. The summed E-state index contributed by atoms with van der Waals surface area (Å²) in [5, 5.41) is 10.7. The van der Waals surface area contributed by atoms with Crippen molar-refractivity contribution in [3.8, 4) is 5.75 Å². The third-order valence-electron chi connectivity index (χ3n) is 3.57. The van der Waals surface area contributed by atoms with E-state index in [1.807, 2.05) is 13.8 Å². The molecule has 1 heterocycles. The number of nitrogens with one attached hydrogen (secondary N) is 1. The highest BCUT2D eigenvalue weighted by molar-refractivity contribution is 6.05. The Morgan fingerprint density at radius 2 is 1.85 bits per heavy atom. The fraction of sp³-hybridized carbons (Fsp3) is 0.235. The van der Waals surface area contributed by atoms with E-state index in [4.69, 9.17) is 0 Å². The maximum absolute atomic E-state index is 12.3. The molecule has 0 saturated heterocycles. The second-order valence-electron chi connectivity index (χ2n) is 5.86. The van der Waals surface area contributed by atoms with E-state index >= 15 is 0 Å². The van der Waals surface area contributed by atoms with Crippen molar-refractivity contribution in [1.29, 1.82) is 0 Å². The fourth-order valence-corrected chi connectivity index (χ4v) is 2.41. The van der Waals surface area contributed by atoms with Crippen LogP contribution in [0.4, 0.5) is 18.9 Å². The van der Waals surface area contributed by atoms with Crippen molar-refractivity contribution >= 4 is 22.6 Å². The average Bonchev–Trinajstić information content (AvgIpc) is 2.98. The van der Waals surface area contributed by atoms with Crippen LogP contribution in [-0.4, -0.2) is 27.3 Å². The van der Waals surface area contributed by atoms with E-state index in [0.717, 1.165) is 17.6 Å². The molecule has 2 aromatic carbocycles. The van der Waals surface area contributed by atoms with Gasteiger partial charge in [-0.1, -0.05) is 5.21 Å². The zero-order chi connectivity index (χ0) is 18.9. The average molecular weight is 364 g/mol. The van der Waals surface area contributed by atoms with Crippen LogP contribution in [0.25, 0.3) is 11.0 Å². The Hall–Kier alpha value is -3.10. The molecule has 1 aromatic heterocycles. The molecule has 0 fully saturated rings. The van der Waals surface area contributed by atoms with Gasteiger partial charge in [-0.15, -0.1) is 18.3 Å². The molecule has 1 amide bonds. The highest BCUT2D eigenvalue weighted by atomic mass is 19.4. The lowest BCUT2D eigenvalue weighted by molar-refractivity contribution is -0.274. The molecule has 0 bridgehead atoms. The molecule has 0 spiro atoms. The van der Waals surface area contributed by atoms with Gasteiger partial charge in [-0.2, -0.15) is 0 Å². The zero-order valence-corrected chi connectivity index (χ0v) is 13.9. The molecule has 0 radical (unpaired) electrons. The molecule has 0 aliphatic heterocycles. The monoisotopic (exact) mass is 364 g/mol. The Morgan fingerprint density at radius 1 is 1.15 bits per heavy atom.